The first kappa shape index (κ1) is 34.5. The number of carbonyl (C=O) groups excluding carboxylic acids is 4. The summed E-state index contributed by atoms with van der Waals surface area (Å²) < 4.78 is 5.95. The number of ether oxygens (including phenoxy) is 1. The molecule has 272 valence electrons. The molecule has 0 spiro atoms. The van der Waals surface area contributed by atoms with Crippen LogP contribution in [0, 0.1) is 0 Å². The summed E-state index contributed by atoms with van der Waals surface area (Å²) in [6.45, 7) is 6.70. The molecular weight excluding hydrogens is 670 g/mol. The van der Waals surface area contributed by atoms with E-state index in [1.165, 1.54) is 0 Å². The van der Waals surface area contributed by atoms with Crippen LogP contribution in [0.1, 0.15) is 57.5 Å². The zero-order valence-corrected chi connectivity index (χ0v) is 29.6. The largest absolute Gasteiger partial charge is 0.457 e. The molecular formula is C41H43N7O5. The van der Waals surface area contributed by atoms with Crippen molar-refractivity contribution in [3.8, 4) is 22.8 Å². The van der Waals surface area contributed by atoms with Gasteiger partial charge in [0, 0.05) is 75.9 Å². The van der Waals surface area contributed by atoms with Gasteiger partial charge in [-0.05, 0) is 85.0 Å². The molecule has 3 aromatic carbocycles. The summed E-state index contributed by atoms with van der Waals surface area (Å²) in [7, 11) is 0. The van der Waals surface area contributed by atoms with Gasteiger partial charge in [0.25, 0.3) is 11.8 Å². The second-order valence-corrected chi connectivity index (χ2v) is 14.2. The van der Waals surface area contributed by atoms with Crippen LogP contribution in [0.3, 0.4) is 0 Å². The van der Waals surface area contributed by atoms with Crippen molar-refractivity contribution in [1.82, 2.24) is 25.0 Å². The van der Waals surface area contributed by atoms with E-state index >= 15 is 0 Å². The quantitative estimate of drug-likeness (QED) is 0.245. The van der Waals surface area contributed by atoms with Gasteiger partial charge in [0.05, 0.1) is 11.3 Å². The minimum Gasteiger partial charge on any atom is -0.457 e. The molecule has 53 heavy (non-hydrogen) atoms. The number of carbonyl (C=O) groups is 4. The number of aromatic nitrogens is 1. The first-order chi connectivity index (χ1) is 25.8. The molecule has 12 nitrogen and oxygen atoms in total. The Morgan fingerprint density at radius 2 is 1.55 bits per heavy atom. The molecule has 1 atom stereocenters. The van der Waals surface area contributed by atoms with Crippen molar-refractivity contribution in [2.24, 2.45) is 5.73 Å². The number of rotatable bonds is 9. The number of amides is 4. The zero-order chi connectivity index (χ0) is 36.5. The molecule has 0 radical (unpaired) electrons. The van der Waals surface area contributed by atoms with Crippen LogP contribution in [0.15, 0.2) is 84.9 Å². The van der Waals surface area contributed by atoms with Crippen LogP contribution >= 0.6 is 0 Å². The van der Waals surface area contributed by atoms with Crippen molar-refractivity contribution >= 4 is 29.4 Å². The average molecular weight is 714 g/mol. The van der Waals surface area contributed by atoms with E-state index in [9.17, 15) is 19.2 Å². The maximum Gasteiger partial charge on any atom is 0.255 e. The van der Waals surface area contributed by atoms with Gasteiger partial charge in [0.2, 0.25) is 11.8 Å². The van der Waals surface area contributed by atoms with Crippen LogP contribution in [0.25, 0.3) is 11.3 Å². The number of nitrogens with two attached hydrogens (primary N) is 1. The number of piperazine rings is 1. The number of primary amides is 1. The fraction of sp³-hybridized carbons (Fsp3) is 0.341. The molecule has 4 aromatic rings. The van der Waals surface area contributed by atoms with E-state index in [1.54, 1.807) is 11.0 Å². The van der Waals surface area contributed by atoms with Gasteiger partial charge in [-0.2, -0.15) is 0 Å². The molecule has 8 rings (SSSR count). The molecule has 5 heterocycles. The summed E-state index contributed by atoms with van der Waals surface area (Å²) in [6.07, 6.45) is 2.64. The number of pyridine rings is 1. The van der Waals surface area contributed by atoms with Gasteiger partial charge in [-0.3, -0.25) is 34.3 Å². The Kier molecular flexibility index (Phi) is 9.63. The summed E-state index contributed by atoms with van der Waals surface area (Å²) in [6, 6.07) is 26.6. The second-order valence-electron chi connectivity index (χ2n) is 14.2. The number of anilines is 1. The van der Waals surface area contributed by atoms with Gasteiger partial charge in [-0.15, -0.1) is 0 Å². The Balaban J connectivity index is 0.860. The average Bonchev–Trinajstić information content (AvgIpc) is 3.52. The molecule has 3 fully saturated rings. The number of nitrogens with one attached hydrogen (secondary N) is 1. The summed E-state index contributed by atoms with van der Waals surface area (Å²) >= 11 is 0. The summed E-state index contributed by atoms with van der Waals surface area (Å²) in [4.78, 5) is 63.8. The molecule has 4 aliphatic rings. The highest BCUT2D eigenvalue weighted by Gasteiger charge is 2.40. The summed E-state index contributed by atoms with van der Waals surface area (Å²) in [5.41, 5.74) is 10.3. The Bertz CT molecular complexity index is 2020. The van der Waals surface area contributed by atoms with Crippen LogP contribution < -0.4 is 20.7 Å². The Labute approximate surface area is 308 Å². The van der Waals surface area contributed by atoms with Crippen molar-refractivity contribution in [3.63, 3.8) is 0 Å². The highest BCUT2D eigenvalue weighted by atomic mass is 16.5. The number of hydrogen-bond acceptors (Lipinski definition) is 9. The minimum atomic E-state index is -0.610. The minimum absolute atomic E-state index is 0.133. The summed E-state index contributed by atoms with van der Waals surface area (Å²) in [5, 5.41) is 2.39. The van der Waals surface area contributed by atoms with Crippen LogP contribution in [0.2, 0.25) is 0 Å². The molecule has 0 bridgehead atoms. The molecule has 4 aliphatic heterocycles. The zero-order valence-electron chi connectivity index (χ0n) is 29.6. The van der Waals surface area contributed by atoms with Crippen LogP contribution in [0.5, 0.6) is 11.5 Å². The number of hydrogen-bond donors (Lipinski definition) is 2. The molecule has 12 heteroatoms. The summed E-state index contributed by atoms with van der Waals surface area (Å²) in [5.74, 6) is 0.966. The van der Waals surface area contributed by atoms with Crippen LogP contribution in [-0.4, -0.2) is 94.7 Å². The Morgan fingerprint density at radius 1 is 0.811 bits per heavy atom. The first-order valence-corrected chi connectivity index (χ1v) is 18.4. The maximum absolute atomic E-state index is 13.3. The van der Waals surface area contributed by atoms with E-state index in [-0.39, 0.29) is 24.1 Å². The van der Waals surface area contributed by atoms with Gasteiger partial charge in [-0.25, -0.2) is 4.98 Å². The van der Waals surface area contributed by atoms with Gasteiger partial charge in [0.1, 0.15) is 23.4 Å². The van der Waals surface area contributed by atoms with Crippen molar-refractivity contribution in [3.05, 3.63) is 107 Å². The predicted octanol–water partition coefficient (Wildman–Crippen LogP) is 4.19. The van der Waals surface area contributed by atoms with Crippen molar-refractivity contribution in [2.45, 2.75) is 50.9 Å². The van der Waals surface area contributed by atoms with Crippen molar-refractivity contribution < 1.29 is 23.9 Å². The molecule has 0 saturated carbocycles. The first-order valence-electron chi connectivity index (χ1n) is 18.4. The number of fused-ring (bicyclic) bond motifs is 1. The smallest absolute Gasteiger partial charge is 0.255 e. The van der Waals surface area contributed by atoms with E-state index in [2.05, 4.69) is 26.1 Å². The third-order valence-corrected chi connectivity index (χ3v) is 11.0. The fourth-order valence-corrected chi connectivity index (χ4v) is 8.13. The van der Waals surface area contributed by atoms with Gasteiger partial charge in [0.15, 0.2) is 0 Å². The number of para-hydroxylation sites is 1. The van der Waals surface area contributed by atoms with Gasteiger partial charge >= 0.3 is 0 Å². The standard InChI is InChI=1S/C41H43N7O5/c42-39(50)33-13-15-36(43-38(33)27-9-11-31(12-10-27)53-30-6-2-1-3-7-30)47-19-17-29(18-20-47)46-23-21-45(22-24-46)25-28-5-4-8-32-34(28)26-48(41(32)52)35-14-16-37(49)44-40(35)51/h1-13,15,29,35H,14,16-26H2,(H2,42,50)(H,44,49,51). The maximum atomic E-state index is 13.3. The number of nitrogens with zero attached hydrogens (tertiary/aromatic N) is 5. The number of benzene rings is 3. The predicted molar refractivity (Wildman–Crippen MR) is 199 cm³/mol. The normalized spacial score (nSPS) is 20.0. The number of piperidine rings is 2. The fourth-order valence-electron chi connectivity index (χ4n) is 8.13. The van der Waals surface area contributed by atoms with E-state index in [4.69, 9.17) is 15.5 Å². The van der Waals surface area contributed by atoms with Gasteiger partial charge in [-0.1, -0.05) is 30.3 Å². The lowest BCUT2D eigenvalue weighted by molar-refractivity contribution is -0.136. The molecule has 1 unspecified atom stereocenters. The number of imide groups is 1. The molecule has 1 aromatic heterocycles. The molecule has 3 N–H and O–H groups in total. The second kappa shape index (κ2) is 14.8. The lowest BCUT2D eigenvalue weighted by Crippen LogP contribution is -2.53. The van der Waals surface area contributed by atoms with E-state index in [0.717, 1.165) is 86.9 Å². The third kappa shape index (κ3) is 7.24. The van der Waals surface area contributed by atoms with E-state index in [0.29, 0.717) is 41.6 Å². The topological polar surface area (TPSA) is 141 Å². The highest BCUT2D eigenvalue weighted by Crippen LogP contribution is 2.32. The Hall–Kier alpha value is -5.59. The molecule has 0 aliphatic carbocycles. The van der Waals surface area contributed by atoms with E-state index in [1.807, 2.05) is 72.8 Å². The SMILES string of the molecule is NC(=O)c1ccc(N2CCC(N3CCN(Cc4cccc5c4CN(C4CCC(=O)NC4=O)C5=O)CC3)CC2)nc1-c1ccc(Oc2ccccc2)cc1. The van der Waals surface area contributed by atoms with Crippen molar-refractivity contribution in [2.75, 3.05) is 44.2 Å². The lowest BCUT2D eigenvalue weighted by atomic mass is 10.0. The third-order valence-electron chi connectivity index (χ3n) is 11.0. The molecule has 4 amide bonds. The van der Waals surface area contributed by atoms with Crippen LogP contribution in [-0.2, 0) is 22.7 Å². The van der Waals surface area contributed by atoms with Crippen LogP contribution in [0.4, 0.5) is 5.82 Å². The van der Waals surface area contributed by atoms with Crippen molar-refractivity contribution in [1.29, 1.82) is 0 Å². The lowest BCUT2D eigenvalue weighted by Gasteiger charge is -2.43. The van der Waals surface area contributed by atoms with Gasteiger partial charge < -0.3 is 20.3 Å². The monoisotopic (exact) mass is 713 g/mol. The van der Waals surface area contributed by atoms with E-state index < -0.39 is 11.9 Å². The molecule has 3 saturated heterocycles. The highest BCUT2D eigenvalue weighted by molar-refractivity contribution is 6.05. The Morgan fingerprint density at radius 3 is 2.26 bits per heavy atom.